The van der Waals surface area contributed by atoms with Gasteiger partial charge in [-0.15, -0.1) is 0 Å². The van der Waals surface area contributed by atoms with Crippen molar-refractivity contribution in [2.24, 2.45) is 0 Å². The van der Waals surface area contributed by atoms with Gasteiger partial charge in [-0.2, -0.15) is 0 Å². The molecule has 6 bridgehead atoms. The summed E-state index contributed by atoms with van der Waals surface area (Å²) in [5.74, 6) is 36.8. The number of allylic oxidation sites excluding steroid dienone is 18. The highest BCUT2D eigenvalue weighted by atomic mass is 14.0. The van der Waals surface area contributed by atoms with E-state index in [1.54, 1.807) is 0 Å². The Labute approximate surface area is 196 Å². The molecule has 0 atom stereocenters. The maximum Gasteiger partial charge on any atom is 0.0135 e. The standard InChI is InChI=1S/C33H18/c1-2-14-29-20-9-10-22-31-16-5-6-18-33(27-31)24-12-11-23-32-17-4-3-15-30(26-32)21-8-7-19-28(13-1)25-29/h1-6,13-18H,25-27H2. The van der Waals surface area contributed by atoms with E-state index in [0.29, 0.717) is 19.3 Å². The van der Waals surface area contributed by atoms with E-state index in [-0.39, 0.29) is 0 Å². The van der Waals surface area contributed by atoms with Crippen molar-refractivity contribution in [2.75, 3.05) is 0 Å². The van der Waals surface area contributed by atoms with Gasteiger partial charge in [0.2, 0.25) is 0 Å². The molecule has 4 aliphatic carbocycles. The summed E-state index contributed by atoms with van der Waals surface area (Å²) < 4.78 is 0. The average molecular weight is 415 g/mol. The van der Waals surface area contributed by atoms with Gasteiger partial charge in [-0.05, 0) is 35.5 Å². The van der Waals surface area contributed by atoms with Gasteiger partial charge in [0.05, 0.1) is 0 Å². The van der Waals surface area contributed by atoms with Crippen molar-refractivity contribution in [1.82, 2.24) is 0 Å². The summed E-state index contributed by atoms with van der Waals surface area (Å²) in [4.78, 5) is 0. The van der Waals surface area contributed by atoms with Gasteiger partial charge in [-0.25, -0.2) is 0 Å². The summed E-state index contributed by atoms with van der Waals surface area (Å²) in [7, 11) is 0. The van der Waals surface area contributed by atoms with Crippen LogP contribution in [0.4, 0.5) is 0 Å². The van der Waals surface area contributed by atoms with Crippen molar-refractivity contribution in [3.8, 4) is 71.0 Å². The fraction of sp³-hybridized carbons (Fsp3) is 0.0909. The number of hydrogen-bond donors (Lipinski definition) is 0. The van der Waals surface area contributed by atoms with E-state index in [1.165, 1.54) is 0 Å². The highest BCUT2D eigenvalue weighted by Crippen LogP contribution is 2.15. The van der Waals surface area contributed by atoms with Crippen LogP contribution < -0.4 is 0 Å². The Balaban J connectivity index is 1.70. The zero-order chi connectivity index (χ0) is 22.6. The van der Waals surface area contributed by atoms with Gasteiger partial charge in [0.15, 0.2) is 0 Å². The zero-order valence-electron chi connectivity index (χ0n) is 18.0. The Hall–Kier alpha value is -4.98. The fourth-order valence-corrected chi connectivity index (χ4v) is 3.18. The van der Waals surface area contributed by atoms with E-state index in [9.17, 15) is 0 Å². The molecule has 0 aliphatic heterocycles. The minimum Gasteiger partial charge on any atom is -0.0613 e. The predicted molar refractivity (Wildman–Crippen MR) is 136 cm³/mol. The van der Waals surface area contributed by atoms with Crippen LogP contribution in [0, 0.1) is 71.0 Å². The van der Waals surface area contributed by atoms with Crippen molar-refractivity contribution < 1.29 is 0 Å². The predicted octanol–water partition coefficient (Wildman–Crippen LogP) is 5.46. The van der Waals surface area contributed by atoms with E-state index in [0.717, 1.165) is 33.4 Å². The Bertz CT molecular complexity index is 1220. The first-order valence-electron chi connectivity index (χ1n) is 10.6. The summed E-state index contributed by atoms with van der Waals surface area (Å²) >= 11 is 0. The molecule has 0 unspecified atom stereocenters. The molecule has 0 radical (unpaired) electrons. The lowest BCUT2D eigenvalue weighted by Gasteiger charge is -1.96. The smallest absolute Gasteiger partial charge is 0.0135 e. The molecule has 33 heavy (non-hydrogen) atoms. The van der Waals surface area contributed by atoms with Gasteiger partial charge < -0.3 is 0 Å². The molecule has 0 spiro atoms. The van der Waals surface area contributed by atoms with E-state index in [4.69, 9.17) is 0 Å². The van der Waals surface area contributed by atoms with Crippen molar-refractivity contribution in [3.05, 3.63) is 106 Å². The Morgan fingerprint density at radius 2 is 0.485 bits per heavy atom. The molecule has 4 aliphatic rings. The number of rotatable bonds is 0. The first-order chi connectivity index (χ1) is 16.3. The van der Waals surface area contributed by atoms with Crippen LogP contribution >= 0.6 is 0 Å². The second-order valence-corrected chi connectivity index (χ2v) is 7.34. The third kappa shape index (κ3) is 7.04. The number of fused-ring (bicyclic) bond motifs is 6. The van der Waals surface area contributed by atoms with Crippen LogP contribution in [-0.2, 0) is 0 Å². The largest absolute Gasteiger partial charge is 0.0613 e. The lowest BCUT2D eigenvalue weighted by atomic mass is 10.1. The summed E-state index contributed by atoms with van der Waals surface area (Å²) in [5.41, 5.74) is 5.85. The van der Waals surface area contributed by atoms with Crippen molar-refractivity contribution in [3.63, 3.8) is 0 Å². The van der Waals surface area contributed by atoms with E-state index in [1.807, 2.05) is 72.9 Å². The Kier molecular flexibility index (Phi) is 7.36. The van der Waals surface area contributed by atoms with Crippen LogP contribution in [0.25, 0.3) is 0 Å². The maximum atomic E-state index is 3.16. The molecule has 0 heteroatoms. The second kappa shape index (κ2) is 11.4. The molecule has 0 nitrogen and oxygen atoms in total. The molecule has 0 saturated carbocycles. The van der Waals surface area contributed by atoms with E-state index >= 15 is 0 Å². The molecule has 0 heterocycles. The SMILES string of the molecule is C1#CC2=CC=CC=C(C#CC#CC3=CC=CC=C(C#CC#CC4=CC=CC=C(C#C1)C4)C3)C2. The quantitative estimate of drug-likeness (QED) is 0.462. The molecular formula is C33H18. The molecule has 0 saturated heterocycles. The topological polar surface area (TPSA) is 0 Å². The van der Waals surface area contributed by atoms with Crippen LogP contribution in [0.15, 0.2) is 106 Å². The van der Waals surface area contributed by atoms with Gasteiger partial charge in [-0.1, -0.05) is 108 Å². The van der Waals surface area contributed by atoms with E-state index in [2.05, 4.69) is 71.0 Å². The summed E-state index contributed by atoms with van der Waals surface area (Å²) in [6, 6.07) is 0. The first-order valence-corrected chi connectivity index (χ1v) is 10.6. The monoisotopic (exact) mass is 414 g/mol. The van der Waals surface area contributed by atoms with Crippen LogP contribution in [0.2, 0.25) is 0 Å². The molecule has 0 amide bonds. The second-order valence-electron chi connectivity index (χ2n) is 7.34. The van der Waals surface area contributed by atoms with Crippen LogP contribution in [0.3, 0.4) is 0 Å². The average Bonchev–Trinajstić information content (AvgIpc) is 3.28. The van der Waals surface area contributed by atoms with Crippen molar-refractivity contribution >= 4 is 0 Å². The highest BCUT2D eigenvalue weighted by molar-refractivity contribution is 5.54. The fourth-order valence-electron chi connectivity index (χ4n) is 3.18. The molecule has 0 aromatic rings. The molecule has 0 fully saturated rings. The normalized spacial score (nSPS) is 17.5. The van der Waals surface area contributed by atoms with Gasteiger partial charge in [0, 0.05) is 52.7 Å². The van der Waals surface area contributed by atoms with Gasteiger partial charge in [0.1, 0.15) is 0 Å². The van der Waals surface area contributed by atoms with Crippen LogP contribution in [0.5, 0.6) is 0 Å². The van der Waals surface area contributed by atoms with Gasteiger partial charge >= 0.3 is 0 Å². The summed E-state index contributed by atoms with van der Waals surface area (Å²) in [5, 5.41) is 0. The van der Waals surface area contributed by atoms with Gasteiger partial charge in [-0.3, -0.25) is 0 Å². The number of hydrogen-bond acceptors (Lipinski definition) is 0. The lowest BCUT2D eigenvalue weighted by molar-refractivity contribution is 1.25. The van der Waals surface area contributed by atoms with Crippen molar-refractivity contribution in [1.29, 1.82) is 0 Å². The third-order valence-electron chi connectivity index (χ3n) is 4.79. The van der Waals surface area contributed by atoms with Crippen LogP contribution in [-0.4, -0.2) is 0 Å². The lowest BCUT2D eigenvalue weighted by Crippen LogP contribution is -1.83. The molecule has 0 aromatic carbocycles. The molecule has 150 valence electrons. The van der Waals surface area contributed by atoms with E-state index < -0.39 is 0 Å². The summed E-state index contributed by atoms with van der Waals surface area (Å²) in [6.45, 7) is 0. The van der Waals surface area contributed by atoms with Crippen LogP contribution in [0.1, 0.15) is 19.3 Å². The minimum absolute atomic E-state index is 0.665. The molecule has 4 rings (SSSR count). The van der Waals surface area contributed by atoms with Crippen molar-refractivity contribution in [2.45, 2.75) is 19.3 Å². The summed E-state index contributed by atoms with van der Waals surface area (Å²) in [6.07, 6.45) is 25.9. The molecule has 0 N–H and O–H groups in total. The van der Waals surface area contributed by atoms with Gasteiger partial charge in [0.25, 0.3) is 0 Å². The minimum atomic E-state index is 0.665. The molecular weight excluding hydrogens is 396 g/mol. The Morgan fingerprint density at radius 1 is 0.303 bits per heavy atom. The molecule has 0 aromatic heterocycles. The highest BCUT2D eigenvalue weighted by Gasteiger charge is 2.01. The zero-order valence-corrected chi connectivity index (χ0v) is 18.0. The Morgan fingerprint density at radius 3 is 0.667 bits per heavy atom. The first kappa shape index (κ1) is 21.3. The maximum absolute atomic E-state index is 3.16. The third-order valence-corrected chi connectivity index (χ3v) is 4.79.